The molecule has 0 saturated carbocycles. The van der Waals surface area contributed by atoms with Gasteiger partial charge in [0, 0.05) is 37.1 Å². The van der Waals surface area contributed by atoms with Crippen molar-refractivity contribution in [3.05, 3.63) is 69.9 Å². The summed E-state index contributed by atoms with van der Waals surface area (Å²) in [5, 5.41) is 11.9. The third-order valence-corrected chi connectivity index (χ3v) is 6.43. The molecule has 4 rings (SSSR count). The fraction of sp³-hybridized carbons (Fsp3) is 0.304. The van der Waals surface area contributed by atoms with E-state index < -0.39 is 0 Å². The number of ether oxygens (including phenoxy) is 1. The predicted octanol–water partition coefficient (Wildman–Crippen LogP) is 3.43. The first-order chi connectivity index (χ1) is 15.9. The Morgan fingerprint density at radius 1 is 1.12 bits per heavy atom. The minimum atomic E-state index is -0.362. The smallest absolute Gasteiger partial charge is 0.337 e. The third-order valence-electron chi connectivity index (χ3n) is 5.52. The number of piperazine rings is 1. The van der Waals surface area contributed by atoms with E-state index in [1.807, 2.05) is 12.1 Å². The number of hydrogen-bond acceptors (Lipinski definition) is 8. The molecule has 1 fully saturated rings. The molecule has 0 spiro atoms. The highest BCUT2D eigenvalue weighted by Crippen LogP contribution is 2.22. The van der Waals surface area contributed by atoms with Crippen molar-refractivity contribution < 1.29 is 18.7 Å². The van der Waals surface area contributed by atoms with Crippen LogP contribution in [-0.2, 0) is 11.3 Å². The van der Waals surface area contributed by atoms with E-state index in [2.05, 4.69) is 32.2 Å². The maximum absolute atomic E-state index is 13.0. The summed E-state index contributed by atoms with van der Waals surface area (Å²) in [4.78, 5) is 28.6. The summed E-state index contributed by atoms with van der Waals surface area (Å²) in [6.07, 6.45) is 0. The van der Waals surface area contributed by atoms with Crippen LogP contribution in [0, 0.1) is 5.82 Å². The molecular weight excluding hydrogens is 445 g/mol. The van der Waals surface area contributed by atoms with Gasteiger partial charge in [-0.15, -0.1) is 10.2 Å². The molecule has 2 aromatic carbocycles. The lowest BCUT2D eigenvalue weighted by atomic mass is 10.1. The summed E-state index contributed by atoms with van der Waals surface area (Å²) in [5.41, 5.74) is 2.09. The summed E-state index contributed by atoms with van der Waals surface area (Å²) in [6, 6.07) is 13.3. The van der Waals surface area contributed by atoms with Gasteiger partial charge in [-0.25, -0.2) is 9.18 Å². The first-order valence-corrected chi connectivity index (χ1v) is 11.3. The van der Waals surface area contributed by atoms with Gasteiger partial charge in [0.05, 0.1) is 19.2 Å². The highest BCUT2D eigenvalue weighted by Gasteiger charge is 2.25. The fourth-order valence-electron chi connectivity index (χ4n) is 3.69. The number of rotatable bonds is 6. The number of amides is 1. The van der Waals surface area contributed by atoms with E-state index in [1.165, 1.54) is 42.7 Å². The summed E-state index contributed by atoms with van der Waals surface area (Å²) in [6.45, 7) is 5.25. The highest BCUT2D eigenvalue weighted by molar-refractivity contribution is 7.13. The Kier molecular flexibility index (Phi) is 6.95. The van der Waals surface area contributed by atoms with E-state index in [0.717, 1.165) is 30.3 Å². The maximum Gasteiger partial charge on any atom is 0.337 e. The number of nitrogens with one attached hydrogen (secondary N) is 1. The first kappa shape index (κ1) is 22.8. The molecule has 3 aromatic rings. The van der Waals surface area contributed by atoms with E-state index in [-0.39, 0.29) is 28.7 Å². The van der Waals surface area contributed by atoms with Gasteiger partial charge < -0.3 is 15.0 Å². The molecule has 8 nitrogen and oxygen atoms in total. The quantitative estimate of drug-likeness (QED) is 0.554. The lowest BCUT2D eigenvalue weighted by Gasteiger charge is -2.40. The highest BCUT2D eigenvalue weighted by atomic mass is 32.1. The van der Waals surface area contributed by atoms with Gasteiger partial charge in [-0.05, 0) is 55.5 Å². The lowest BCUT2D eigenvalue weighted by Crippen LogP contribution is -2.51. The van der Waals surface area contributed by atoms with Crippen LogP contribution in [0.15, 0.2) is 48.5 Å². The Balaban J connectivity index is 1.32. The summed E-state index contributed by atoms with van der Waals surface area (Å²) in [5.74, 6) is -1.07. The van der Waals surface area contributed by atoms with Gasteiger partial charge in [0.1, 0.15) is 10.8 Å². The Morgan fingerprint density at radius 2 is 1.85 bits per heavy atom. The molecule has 1 unspecified atom stereocenters. The largest absolute Gasteiger partial charge is 0.465 e. The van der Waals surface area contributed by atoms with E-state index in [1.54, 1.807) is 12.1 Å². The van der Waals surface area contributed by atoms with Crippen molar-refractivity contribution in [3.63, 3.8) is 0 Å². The number of aromatic nitrogens is 2. The van der Waals surface area contributed by atoms with Crippen molar-refractivity contribution in [1.82, 2.24) is 15.1 Å². The van der Waals surface area contributed by atoms with Gasteiger partial charge in [0.25, 0.3) is 5.91 Å². The molecular formula is C23H24FN5O3S. The Bertz CT molecular complexity index is 1120. The minimum absolute atomic E-state index is 0.263. The van der Waals surface area contributed by atoms with E-state index >= 15 is 0 Å². The molecule has 1 aromatic heterocycles. The molecule has 0 bridgehead atoms. The standard InChI is InChI=1S/C23H24FN5O3S/c1-15-13-29(19-9-3-16(4-10-19)23(31)32-2)12-11-28(15)14-20-26-27-22(33-20)21(30)25-18-7-5-17(24)6-8-18/h3-10,15H,11-14H2,1-2H3,(H,25,30). The van der Waals surface area contributed by atoms with E-state index in [0.29, 0.717) is 17.8 Å². The van der Waals surface area contributed by atoms with Crippen LogP contribution < -0.4 is 10.2 Å². The van der Waals surface area contributed by atoms with Gasteiger partial charge in [-0.2, -0.15) is 0 Å². The minimum Gasteiger partial charge on any atom is -0.465 e. The number of nitrogens with zero attached hydrogens (tertiary/aromatic N) is 4. The van der Waals surface area contributed by atoms with Gasteiger partial charge in [0.2, 0.25) is 5.01 Å². The van der Waals surface area contributed by atoms with Gasteiger partial charge >= 0.3 is 5.97 Å². The zero-order valence-electron chi connectivity index (χ0n) is 18.3. The number of carbonyl (C=O) groups excluding carboxylic acids is 2. The van der Waals surface area contributed by atoms with Crippen LogP contribution in [0.25, 0.3) is 0 Å². The topological polar surface area (TPSA) is 87.7 Å². The molecule has 1 N–H and O–H groups in total. The first-order valence-electron chi connectivity index (χ1n) is 10.5. The number of anilines is 2. The van der Waals surface area contributed by atoms with E-state index in [9.17, 15) is 14.0 Å². The molecule has 0 radical (unpaired) electrons. The molecule has 1 amide bonds. The molecule has 1 aliphatic rings. The fourth-order valence-corrected chi connectivity index (χ4v) is 4.45. The van der Waals surface area contributed by atoms with Gasteiger partial charge in [-0.3, -0.25) is 9.69 Å². The normalized spacial score (nSPS) is 16.5. The Hall–Kier alpha value is -3.37. The van der Waals surface area contributed by atoms with Crippen LogP contribution in [0.1, 0.15) is 32.1 Å². The molecule has 1 saturated heterocycles. The average molecular weight is 470 g/mol. The second-order valence-electron chi connectivity index (χ2n) is 7.77. The number of carbonyl (C=O) groups is 2. The van der Waals surface area contributed by atoms with Crippen LogP contribution in [0.2, 0.25) is 0 Å². The molecule has 172 valence electrons. The number of methoxy groups -OCH3 is 1. The van der Waals surface area contributed by atoms with Crippen molar-refractivity contribution in [2.45, 2.75) is 19.5 Å². The van der Waals surface area contributed by atoms with Crippen molar-refractivity contribution in [1.29, 1.82) is 0 Å². The third kappa shape index (κ3) is 5.52. The summed E-state index contributed by atoms with van der Waals surface area (Å²) < 4.78 is 17.8. The van der Waals surface area contributed by atoms with Crippen LogP contribution >= 0.6 is 11.3 Å². The van der Waals surface area contributed by atoms with Crippen LogP contribution in [-0.4, -0.2) is 59.8 Å². The van der Waals surface area contributed by atoms with Crippen LogP contribution in [0.4, 0.5) is 15.8 Å². The number of hydrogen-bond donors (Lipinski definition) is 1. The van der Waals surface area contributed by atoms with Gasteiger partial charge in [-0.1, -0.05) is 11.3 Å². The molecule has 10 heteroatoms. The van der Waals surface area contributed by atoms with Gasteiger partial charge in [0.15, 0.2) is 0 Å². The average Bonchev–Trinajstić information content (AvgIpc) is 3.30. The molecule has 1 aliphatic heterocycles. The van der Waals surface area contributed by atoms with Crippen LogP contribution in [0.3, 0.4) is 0 Å². The molecule has 33 heavy (non-hydrogen) atoms. The summed E-state index contributed by atoms with van der Waals surface area (Å²) in [7, 11) is 1.37. The maximum atomic E-state index is 13.0. The van der Waals surface area contributed by atoms with Crippen molar-refractivity contribution >= 4 is 34.6 Å². The van der Waals surface area contributed by atoms with Crippen LogP contribution in [0.5, 0.6) is 0 Å². The molecule has 1 atom stereocenters. The number of benzene rings is 2. The second kappa shape index (κ2) is 10.1. The van der Waals surface area contributed by atoms with Crippen molar-refractivity contribution in [2.75, 3.05) is 37.0 Å². The SMILES string of the molecule is COC(=O)c1ccc(N2CCN(Cc3nnc(C(=O)Nc4ccc(F)cc4)s3)C(C)C2)cc1. The van der Waals surface area contributed by atoms with E-state index in [4.69, 9.17) is 4.74 Å². The van der Waals surface area contributed by atoms with Crippen molar-refractivity contribution in [3.8, 4) is 0 Å². The monoisotopic (exact) mass is 469 g/mol. The summed E-state index contributed by atoms with van der Waals surface area (Å²) >= 11 is 1.26. The predicted molar refractivity (Wildman–Crippen MR) is 124 cm³/mol. The second-order valence-corrected chi connectivity index (χ2v) is 8.83. The number of halogens is 1. The zero-order chi connectivity index (χ0) is 23.4. The van der Waals surface area contributed by atoms with Crippen molar-refractivity contribution in [2.24, 2.45) is 0 Å². The Morgan fingerprint density at radius 3 is 2.52 bits per heavy atom. The zero-order valence-corrected chi connectivity index (χ0v) is 19.1. The molecule has 0 aliphatic carbocycles. The molecule has 2 heterocycles. The lowest BCUT2D eigenvalue weighted by molar-refractivity contribution is 0.0600. The Labute approximate surface area is 195 Å². The number of esters is 1.